The Hall–Kier alpha value is -1.80. The number of rotatable bonds is 9. The second kappa shape index (κ2) is 11.6. The van der Waals surface area contributed by atoms with Gasteiger partial charge in [0.2, 0.25) is 0 Å². The monoisotopic (exact) mass is 465 g/mol. The standard InChI is InChI=1S/C22H27N3O2S2.ClH/c1-5-27-17-9-12-19-20(15-17)29-22(23-19)25(14-6-13-24(2)3)21(26)16-7-10-18(28-4)11-8-16;/h7-12,15H,5-6,13-14H2,1-4H3;1H. The third-order valence-corrected chi connectivity index (χ3v) is 6.24. The van der Waals surface area contributed by atoms with Gasteiger partial charge >= 0.3 is 0 Å². The Morgan fingerprint density at radius 3 is 2.50 bits per heavy atom. The molecule has 0 aliphatic carbocycles. The molecule has 1 aromatic heterocycles. The number of carbonyl (C=O) groups is 1. The van der Waals surface area contributed by atoms with E-state index in [9.17, 15) is 4.79 Å². The number of ether oxygens (including phenoxy) is 1. The molecular weight excluding hydrogens is 438 g/mol. The lowest BCUT2D eigenvalue weighted by atomic mass is 10.2. The third kappa shape index (κ3) is 6.11. The molecule has 0 aliphatic heterocycles. The molecule has 162 valence electrons. The van der Waals surface area contributed by atoms with E-state index in [1.165, 1.54) is 11.3 Å². The zero-order chi connectivity index (χ0) is 20.8. The van der Waals surface area contributed by atoms with Crippen LogP contribution in [0.4, 0.5) is 5.13 Å². The number of benzene rings is 2. The van der Waals surface area contributed by atoms with Gasteiger partial charge in [0, 0.05) is 17.0 Å². The molecule has 30 heavy (non-hydrogen) atoms. The van der Waals surface area contributed by atoms with E-state index in [2.05, 4.69) is 4.90 Å². The van der Waals surface area contributed by atoms with Gasteiger partial charge in [0.15, 0.2) is 5.13 Å². The van der Waals surface area contributed by atoms with Crippen molar-refractivity contribution >= 4 is 56.8 Å². The van der Waals surface area contributed by atoms with Crippen molar-refractivity contribution in [1.82, 2.24) is 9.88 Å². The number of fused-ring (bicyclic) bond motifs is 1. The first-order valence-electron chi connectivity index (χ1n) is 9.66. The van der Waals surface area contributed by atoms with E-state index in [-0.39, 0.29) is 18.3 Å². The van der Waals surface area contributed by atoms with E-state index >= 15 is 0 Å². The van der Waals surface area contributed by atoms with Gasteiger partial charge in [-0.1, -0.05) is 11.3 Å². The van der Waals surface area contributed by atoms with E-state index in [1.54, 1.807) is 11.8 Å². The summed E-state index contributed by atoms with van der Waals surface area (Å²) in [6.07, 6.45) is 2.91. The number of hydrogen-bond donors (Lipinski definition) is 0. The Labute approximate surface area is 192 Å². The lowest BCUT2D eigenvalue weighted by Crippen LogP contribution is -2.33. The molecule has 0 aliphatic rings. The molecule has 0 saturated carbocycles. The normalized spacial score (nSPS) is 10.8. The highest BCUT2D eigenvalue weighted by Crippen LogP contribution is 2.32. The smallest absolute Gasteiger partial charge is 0.260 e. The Morgan fingerprint density at radius 1 is 1.13 bits per heavy atom. The largest absolute Gasteiger partial charge is 0.494 e. The molecule has 0 N–H and O–H groups in total. The second-order valence-electron chi connectivity index (χ2n) is 6.90. The Morgan fingerprint density at radius 2 is 1.87 bits per heavy atom. The van der Waals surface area contributed by atoms with Crippen molar-refractivity contribution in [2.45, 2.75) is 18.2 Å². The average molecular weight is 466 g/mol. The van der Waals surface area contributed by atoms with Crippen LogP contribution in [0.3, 0.4) is 0 Å². The highest BCUT2D eigenvalue weighted by molar-refractivity contribution is 7.98. The number of nitrogens with zero attached hydrogens (tertiary/aromatic N) is 3. The van der Waals surface area contributed by atoms with Crippen molar-refractivity contribution in [3.8, 4) is 5.75 Å². The van der Waals surface area contributed by atoms with Crippen LogP contribution in [0.1, 0.15) is 23.7 Å². The molecule has 0 unspecified atom stereocenters. The van der Waals surface area contributed by atoms with Crippen molar-refractivity contribution in [3.63, 3.8) is 0 Å². The predicted octanol–water partition coefficient (Wildman–Crippen LogP) is 5.44. The molecule has 0 spiro atoms. The van der Waals surface area contributed by atoms with Gasteiger partial charge in [0.25, 0.3) is 5.91 Å². The first-order valence-corrected chi connectivity index (χ1v) is 11.7. The fourth-order valence-electron chi connectivity index (χ4n) is 2.98. The van der Waals surface area contributed by atoms with E-state index in [1.807, 2.05) is 74.6 Å². The van der Waals surface area contributed by atoms with Crippen LogP contribution in [-0.4, -0.2) is 55.8 Å². The summed E-state index contributed by atoms with van der Waals surface area (Å²) in [5.74, 6) is 0.814. The summed E-state index contributed by atoms with van der Waals surface area (Å²) in [4.78, 5) is 23.1. The molecule has 0 bridgehead atoms. The minimum absolute atomic E-state index is 0. The van der Waals surface area contributed by atoms with Crippen LogP contribution in [0.15, 0.2) is 47.4 Å². The molecule has 0 fully saturated rings. The molecular formula is C22H28ClN3O2S2. The summed E-state index contributed by atoms with van der Waals surface area (Å²) >= 11 is 3.20. The van der Waals surface area contributed by atoms with Crippen LogP contribution in [0.2, 0.25) is 0 Å². The summed E-state index contributed by atoms with van der Waals surface area (Å²) in [6.45, 7) is 4.13. The maximum Gasteiger partial charge on any atom is 0.260 e. The van der Waals surface area contributed by atoms with Gasteiger partial charge in [0.05, 0.1) is 16.8 Å². The van der Waals surface area contributed by atoms with Crippen molar-refractivity contribution in [2.75, 3.05) is 44.9 Å². The van der Waals surface area contributed by atoms with E-state index < -0.39 is 0 Å². The van der Waals surface area contributed by atoms with Gasteiger partial charge < -0.3 is 9.64 Å². The summed E-state index contributed by atoms with van der Waals surface area (Å²) in [6, 6.07) is 13.6. The van der Waals surface area contributed by atoms with Gasteiger partial charge in [0.1, 0.15) is 5.75 Å². The Kier molecular flexibility index (Phi) is 9.42. The van der Waals surface area contributed by atoms with Gasteiger partial charge in [-0.3, -0.25) is 9.69 Å². The van der Waals surface area contributed by atoms with Crippen LogP contribution in [-0.2, 0) is 0 Å². The van der Waals surface area contributed by atoms with Crippen LogP contribution in [0, 0.1) is 0 Å². The number of thiazole rings is 1. The number of anilines is 1. The van der Waals surface area contributed by atoms with Crippen LogP contribution in [0.25, 0.3) is 10.2 Å². The van der Waals surface area contributed by atoms with E-state index in [0.29, 0.717) is 18.7 Å². The van der Waals surface area contributed by atoms with Gasteiger partial charge in [-0.2, -0.15) is 0 Å². The summed E-state index contributed by atoms with van der Waals surface area (Å²) in [5, 5.41) is 0.728. The predicted molar refractivity (Wildman–Crippen MR) is 131 cm³/mol. The van der Waals surface area contributed by atoms with Crippen molar-refractivity contribution in [2.24, 2.45) is 0 Å². The molecule has 5 nitrogen and oxygen atoms in total. The fourth-order valence-corrected chi connectivity index (χ4v) is 4.41. The highest BCUT2D eigenvalue weighted by Gasteiger charge is 2.21. The molecule has 0 radical (unpaired) electrons. The zero-order valence-corrected chi connectivity index (χ0v) is 20.2. The molecule has 3 rings (SSSR count). The first kappa shape index (κ1) is 24.5. The van der Waals surface area contributed by atoms with Gasteiger partial charge in [-0.05, 0) is 82.7 Å². The van der Waals surface area contributed by atoms with Crippen molar-refractivity contribution in [3.05, 3.63) is 48.0 Å². The number of thioether (sulfide) groups is 1. The highest BCUT2D eigenvalue weighted by atomic mass is 35.5. The maximum atomic E-state index is 13.3. The zero-order valence-electron chi connectivity index (χ0n) is 17.8. The number of amides is 1. The van der Waals surface area contributed by atoms with E-state index in [0.717, 1.165) is 39.0 Å². The maximum absolute atomic E-state index is 13.3. The molecule has 2 aromatic carbocycles. The van der Waals surface area contributed by atoms with Crippen molar-refractivity contribution < 1.29 is 9.53 Å². The number of halogens is 1. The fraction of sp³-hybridized carbons (Fsp3) is 0.364. The van der Waals surface area contributed by atoms with E-state index in [4.69, 9.17) is 9.72 Å². The minimum atomic E-state index is -0.0134. The van der Waals surface area contributed by atoms with Crippen LogP contribution >= 0.6 is 35.5 Å². The Balaban J connectivity index is 0.00000320. The molecule has 0 saturated heterocycles. The molecule has 1 amide bonds. The summed E-state index contributed by atoms with van der Waals surface area (Å²) in [7, 11) is 4.08. The molecule has 3 aromatic rings. The molecule has 1 heterocycles. The lowest BCUT2D eigenvalue weighted by Gasteiger charge is -2.21. The number of aromatic nitrogens is 1. The lowest BCUT2D eigenvalue weighted by molar-refractivity contribution is 0.0986. The number of hydrogen-bond acceptors (Lipinski definition) is 6. The summed E-state index contributed by atoms with van der Waals surface area (Å²) in [5.41, 5.74) is 1.57. The molecule has 0 atom stereocenters. The third-order valence-electron chi connectivity index (χ3n) is 4.46. The topological polar surface area (TPSA) is 45.7 Å². The average Bonchev–Trinajstić information content (AvgIpc) is 3.14. The first-order chi connectivity index (χ1) is 14.0. The van der Waals surface area contributed by atoms with Crippen LogP contribution in [0.5, 0.6) is 5.75 Å². The van der Waals surface area contributed by atoms with Gasteiger partial charge in [-0.15, -0.1) is 24.2 Å². The summed E-state index contributed by atoms with van der Waals surface area (Å²) < 4.78 is 6.63. The quantitative estimate of drug-likeness (QED) is 0.394. The Bertz CT molecular complexity index is 961. The number of carbonyl (C=O) groups excluding carboxylic acids is 1. The second-order valence-corrected chi connectivity index (χ2v) is 8.79. The molecule has 8 heteroatoms. The van der Waals surface area contributed by atoms with Crippen molar-refractivity contribution in [1.29, 1.82) is 0 Å². The SMILES string of the molecule is CCOc1ccc2nc(N(CCCN(C)C)C(=O)c3ccc(SC)cc3)sc2c1.Cl. The van der Waals surface area contributed by atoms with Gasteiger partial charge in [-0.25, -0.2) is 4.98 Å². The van der Waals surface area contributed by atoms with Crippen LogP contribution < -0.4 is 9.64 Å². The minimum Gasteiger partial charge on any atom is -0.494 e.